The lowest BCUT2D eigenvalue weighted by Crippen LogP contribution is -2.21. The maximum atomic E-state index is 12.8. The predicted octanol–water partition coefficient (Wildman–Crippen LogP) is 6.87. The molecule has 3 aromatic carbocycles. The van der Waals surface area contributed by atoms with Gasteiger partial charge in [-0.2, -0.15) is 0 Å². The molecule has 0 N–H and O–H groups in total. The van der Waals surface area contributed by atoms with Crippen LogP contribution in [0.15, 0.2) is 66.7 Å². The average molecular weight is 372 g/mol. The van der Waals surface area contributed by atoms with Crippen LogP contribution < -0.4 is 9.47 Å². The van der Waals surface area contributed by atoms with Gasteiger partial charge in [0.15, 0.2) is 5.78 Å². The first-order valence-corrected chi connectivity index (χ1v) is 9.75. The van der Waals surface area contributed by atoms with Gasteiger partial charge in [-0.3, -0.25) is 4.79 Å². The van der Waals surface area contributed by atoms with Crippen LogP contribution in [0.3, 0.4) is 0 Å². The minimum Gasteiger partial charge on any atom is -0.457 e. The van der Waals surface area contributed by atoms with E-state index in [1.54, 1.807) is 0 Å². The van der Waals surface area contributed by atoms with Crippen LogP contribution in [0.5, 0.6) is 23.0 Å². The van der Waals surface area contributed by atoms with E-state index in [0.717, 1.165) is 30.8 Å². The number of aryl methyl sites for hydroxylation is 2. The highest BCUT2D eigenvalue weighted by Crippen LogP contribution is 2.35. The van der Waals surface area contributed by atoms with Gasteiger partial charge in [-0.25, -0.2) is 0 Å². The molecule has 0 aliphatic heterocycles. The summed E-state index contributed by atoms with van der Waals surface area (Å²) in [5, 5.41) is 0. The van der Waals surface area contributed by atoms with E-state index >= 15 is 0 Å². The summed E-state index contributed by atoms with van der Waals surface area (Å²) in [5.74, 6) is 2.99. The number of Topliss-reactive ketones (excluding diaryl/α,β-unsaturated/α-hetero) is 1. The van der Waals surface area contributed by atoms with Gasteiger partial charge in [-0.15, -0.1) is 0 Å². The predicted molar refractivity (Wildman–Crippen MR) is 111 cm³/mol. The molecule has 0 spiro atoms. The van der Waals surface area contributed by atoms with Crippen molar-refractivity contribution >= 4 is 5.78 Å². The maximum absolute atomic E-state index is 12.8. The number of rotatable bonds is 6. The topological polar surface area (TPSA) is 35.5 Å². The Bertz CT molecular complexity index is 902. The van der Waals surface area contributed by atoms with E-state index < -0.39 is 0 Å². The molecule has 0 amide bonds. The van der Waals surface area contributed by atoms with E-state index in [9.17, 15) is 4.79 Å². The standard InChI is InChI=1S/C25H24O3/c1-17-6-10-21(11-7-17)27-23-14-20(25(26)19-4-3-5-19)15-24(16-23)28-22-12-8-18(2)9-13-22/h6-16,19H,3-5H2,1-2H3. The SMILES string of the molecule is Cc1ccc(Oc2cc(Oc3ccc(C)cc3)cc(C(=O)C3CCC3)c2)cc1. The molecule has 3 aromatic rings. The molecular weight excluding hydrogens is 348 g/mol. The first-order valence-electron chi connectivity index (χ1n) is 9.75. The summed E-state index contributed by atoms with van der Waals surface area (Å²) in [6.07, 6.45) is 3.06. The maximum Gasteiger partial charge on any atom is 0.166 e. The molecule has 0 saturated heterocycles. The van der Waals surface area contributed by atoms with E-state index in [2.05, 4.69) is 0 Å². The van der Waals surface area contributed by atoms with Crippen LogP contribution >= 0.6 is 0 Å². The fourth-order valence-electron chi connectivity index (χ4n) is 3.22. The van der Waals surface area contributed by atoms with Crippen molar-refractivity contribution < 1.29 is 14.3 Å². The Labute approximate surface area is 165 Å². The number of benzene rings is 3. The summed E-state index contributed by atoms with van der Waals surface area (Å²) in [6, 6.07) is 21.2. The number of hydrogen-bond donors (Lipinski definition) is 0. The first kappa shape index (κ1) is 18.3. The second-order valence-electron chi connectivity index (χ2n) is 7.52. The van der Waals surface area contributed by atoms with Gasteiger partial charge in [0.25, 0.3) is 0 Å². The van der Waals surface area contributed by atoms with Crippen molar-refractivity contribution in [2.45, 2.75) is 33.1 Å². The molecular formula is C25H24O3. The minimum absolute atomic E-state index is 0.127. The zero-order chi connectivity index (χ0) is 19.5. The summed E-state index contributed by atoms with van der Waals surface area (Å²) < 4.78 is 12.0. The normalized spacial score (nSPS) is 13.6. The molecule has 0 unspecified atom stereocenters. The zero-order valence-corrected chi connectivity index (χ0v) is 16.3. The van der Waals surface area contributed by atoms with E-state index in [0.29, 0.717) is 17.1 Å². The van der Waals surface area contributed by atoms with Crippen molar-refractivity contribution in [1.29, 1.82) is 0 Å². The van der Waals surface area contributed by atoms with E-state index in [4.69, 9.17) is 9.47 Å². The van der Waals surface area contributed by atoms with Crippen LogP contribution in [0.25, 0.3) is 0 Å². The van der Waals surface area contributed by atoms with Crippen LogP contribution in [0, 0.1) is 19.8 Å². The monoisotopic (exact) mass is 372 g/mol. The Morgan fingerprint density at radius 1 is 0.714 bits per heavy atom. The van der Waals surface area contributed by atoms with E-state index in [-0.39, 0.29) is 11.7 Å². The van der Waals surface area contributed by atoms with Gasteiger partial charge in [0.05, 0.1) is 0 Å². The van der Waals surface area contributed by atoms with Crippen molar-refractivity contribution in [3.8, 4) is 23.0 Å². The van der Waals surface area contributed by atoms with Crippen LogP contribution in [-0.4, -0.2) is 5.78 Å². The van der Waals surface area contributed by atoms with Gasteiger partial charge in [0, 0.05) is 17.5 Å². The van der Waals surface area contributed by atoms with Crippen LogP contribution in [0.1, 0.15) is 40.7 Å². The van der Waals surface area contributed by atoms with E-state index in [1.165, 1.54) is 11.1 Å². The Morgan fingerprint density at radius 3 is 1.57 bits per heavy atom. The lowest BCUT2D eigenvalue weighted by atomic mass is 9.80. The third kappa shape index (κ3) is 4.25. The van der Waals surface area contributed by atoms with Crippen molar-refractivity contribution in [3.63, 3.8) is 0 Å². The van der Waals surface area contributed by atoms with Gasteiger partial charge in [-0.1, -0.05) is 41.8 Å². The molecule has 1 aliphatic carbocycles. The number of hydrogen-bond acceptors (Lipinski definition) is 3. The molecule has 1 fully saturated rings. The number of ether oxygens (including phenoxy) is 2. The Morgan fingerprint density at radius 2 is 1.18 bits per heavy atom. The Kier molecular flexibility index (Phi) is 5.16. The summed E-state index contributed by atoms with van der Waals surface area (Å²) in [6.45, 7) is 4.07. The molecule has 1 saturated carbocycles. The largest absolute Gasteiger partial charge is 0.457 e. The third-order valence-corrected chi connectivity index (χ3v) is 5.15. The molecule has 28 heavy (non-hydrogen) atoms. The van der Waals surface area contributed by atoms with Crippen molar-refractivity contribution in [2.75, 3.05) is 0 Å². The van der Waals surface area contributed by atoms with Gasteiger partial charge < -0.3 is 9.47 Å². The summed E-state index contributed by atoms with van der Waals surface area (Å²) in [5.41, 5.74) is 2.99. The van der Waals surface area contributed by atoms with Crippen molar-refractivity contribution in [1.82, 2.24) is 0 Å². The molecule has 0 aromatic heterocycles. The molecule has 3 heteroatoms. The van der Waals surface area contributed by atoms with Gasteiger partial charge in [-0.05, 0) is 63.1 Å². The quantitative estimate of drug-likeness (QED) is 0.443. The van der Waals surface area contributed by atoms with Gasteiger partial charge >= 0.3 is 0 Å². The molecule has 0 bridgehead atoms. The lowest BCUT2D eigenvalue weighted by Gasteiger charge is -2.24. The fraction of sp³-hybridized carbons (Fsp3) is 0.240. The van der Waals surface area contributed by atoms with Gasteiger partial charge in [0.1, 0.15) is 23.0 Å². The van der Waals surface area contributed by atoms with Crippen LogP contribution in [-0.2, 0) is 0 Å². The number of carbonyl (C=O) groups is 1. The number of carbonyl (C=O) groups excluding carboxylic acids is 1. The number of ketones is 1. The molecule has 0 radical (unpaired) electrons. The highest BCUT2D eigenvalue weighted by molar-refractivity contribution is 5.99. The summed E-state index contributed by atoms with van der Waals surface area (Å²) in [7, 11) is 0. The van der Waals surface area contributed by atoms with Crippen molar-refractivity contribution in [3.05, 3.63) is 83.4 Å². The fourth-order valence-corrected chi connectivity index (χ4v) is 3.22. The average Bonchev–Trinajstić information content (AvgIpc) is 2.64. The molecule has 0 heterocycles. The molecule has 3 nitrogen and oxygen atoms in total. The summed E-state index contributed by atoms with van der Waals surface area (Å²) in [4.78, 5) is 12.8. The highest BCUT2D eigenvalue weighted by Gasteiger charge is 2.27. The molecule has 142 valence electrons. The summed E-state index contributed by atoms with van der Waals surface area (Å²) >= 11 is 0. The Balaban J connectivity index is 1.64. The zero-order valence-electron chi connectivity index (χ0n) is 16.3. The lowest BCUT2D eigenvalue weighted by molar-refractivity contribution is 0.0854. The molecule has 0 atom stereocenters. The van der Waals surface area contributed by atoms with Crippen molar-refractivity contribution in [2.24, 2.45) is 5.92 Å². The minimum atomic E-state index is 0.127. The van der Waals surface area contributed by atoms with Gasteiger partial charge in [0.2, 0.25) is 0 Å². The third-order valence-electron chi connectivity index (χ3n) is 5.15. The highest BCUT2D eigenvalue weighted by atomic mass is 16.5. The van der Waals surface area contributed by atoms with Crippen LogP contribution in [0.4, 0.5) is 0 Å². The molecule has 1 aliphatic rings. The smallest absolute Gasteiger partial charge is 0.166 e. The molecule has 4 rings (SSSR count). The van der Waals surface area contributed by atoms with Crippen LogP contribution in [0.2, 0.25) is 0 Å². The Hall–Kier alpha value is -3.07. The second-order valence-corrected chi connectivity index (χ2v) is 7.52. The van der Waals surface area contributed by atoms with E-state index in [1.807, 2.05) is 80.6 Å². The first-order chi connectivity index (χ1) is 13.6. The second kappa shape index (κ2) is 7.89.